The van der Waals surface area contributed by atoms with Crippen molar-refractivity contribution in [1.82, 2.24) is 13.7 Å². The van der Waals surface area contributed by atoms with Gasteiger partial charge >= 0.3 is 0 Å². The molecule has 20 heavy (non-hydrogen) atoms. The monoisotopic (exact) mass is 316 g/mol. The molecule has 3 heterocycles. The Bertz CT molecular complexity index is 713. The molecule has 3 N–H and O–H groups in total. The van der Waals surface area contributed by atoms with Crippen molar-refractivity contribution >= 4 is 32.1 Å². The number of piperidine rings is 1. The Morgan fingerprint density at radius 3 is 2.80 bits per heavy atom. The molecule has 0 radical (unpaired) electrons. The van der Waals surface area contributed by atoms with Crippen LogP contribution in [0.1, 0.15) is 12.8 Å². The lowest BCUT2D eigenvalue weighted by molar-refractivity contribution is 0.170. The zero-order valence-corrected chi connectivity index (χ0v) is 12.4. The summed E-state index contributed by atoms with van der Waals surface area (Å²) in [6.45, 7) is 0.923. The number of thiazole rings is 1. The Morgan fingerprint density at radius 2 is 2.15 bits per heavy atom. The normalized spacial score (nSPS) is 18.9. The highest BCUT2D eigenvalue weighted by atomic mass is 32.2. The van der Waals surface area contributed by atoms with E-state index in [-0.39, 0.29) is 23.4 Å². The molecule has 1 aliphatic heterocycles. The summed E-state index contributed by atoms with van der Waals surface area (Å²) in [6, 6.07) is 0. The Balaban J connectivity index is 1.96. The molecule has 0 bridgehead atoms. The largest absolute Gasteiger partial charge is 0.396 e. The van der Waals surface area contributed by atoms with Crippen molar-refractivity contribution in [2.75, 3.05) is 25.4 Å². The van der Waals surface area contributed by atoms with E-state index < -0.39 is 10.0 Å². The first-order chi connectivity index (χ1) is 9.54. The second-order valence-corrected chi connectivity index (χ2v) is 7.61. The third-order valence-electron chi connectivity index (χ3n) is 3.66. The van der Waals surface area contributed by atoms with Crippen molar-refractivity contribution in [3.8, 4) is 0 Å². The topological polar surface area (TPSA) is 101 Å². The molecule has 7 nitrogen and oxygen atoms in total. The fourth-order valence-corrected chi connectivity index (χ4v) is 4.91. The van der Waals surface area contributed by atoms with Gasteiger partial charge in [0.15, 0.2) is 15.8 Å². The van der Waals surface area contributed by atoms with E-state index >= 15 is 0 Å². The van der Waals surface area contributed by atoms with Gasteiger partial charge in [-0.2, -0.15) is 4.31 Å². The van der Waals surface area contributed by atoms with Gasteiger partial charge in [-0.05, 0) is 18.8 Å². The minimum absolute atomic E-state index is 0.0427. The van der Waals surface area contributed by atoms with Crippen LogP contribution in [0.3, 0.4) is 0 Å². The number of hydrogen-bond donors (Lipinski definition) is 2. The first kappa shape index (κ1) is 13.8. The molecular weight excluding hydrogens is 300 g/mol. The Labute approximate surface area is 120 Å². The van der Waals surface area contributed by atoms with Crippen LogP contribution in [0.25, 0.3) is 4.96 Å². The summed E-state index contributed by atoms with van der Waals surface area (Å²) >= 11 is 1.34. The minimum atomic E-state index is -3.64. The van der Waals surface area contributed by atoms with E-state index in [0.29, 0.717) is 30.9 Å². The highest BCUT2D eigenvalue weighted by Gasteiger charge is 2.33. The fourth-order valence-electron chi connectivity index (χ4n) is 2.49. The Morgan fingerprint density at radius 1 is 1.45 bits per heavy atom. The van der Waals surface area contributed by atoms with Gasteiger partial charge in [0.05, 0.1) is 0 Å². The molecule has 0 unspecified atom stereocenters. The van der Waals surface area contributed by atoms with E-state index in [2.05, 4.69) is 4.98 Å². The molecule has 1 saturated heterocycles. The molecule has 0 atom stereocenters. The smallest absolute Gasteiger partial charge is 0.262 e. The van der Waals surface area contributed by atoms with Crippen LogP contribution in [0.4, 0.5) is 5.82 Å². The molecule has 2 aromatic heterocycles. The summed E-state index contributed by atoms with van der Waals surface area (Å²) < 4.78 is 28.4. The number of nitrogens with two attached hydrogens (primary N) is 1. The molecule has 0 saturated carbocycles. The first-order valence-electron chi connectivity index (χ1n) is 6.36. The van der Waals surface area contributed by atoms with Crippen molar-refractivity contribution in [1.29, 1.82) is 0 Å². The molecule has 0 aliphatic carbocycles. The lowest BCUT2D eigenvalue weighted by Gasteiger charge is -2.29. The third kappa shape index (κ3) is 2.10. The number of sulfonamides is 1. The molecule has 1 aliphatic rings. The number of aromatic nitrogens is 2. The summed E-state index contributed by atoms with van der Waals surface area (Å²) in [6.07, 6.45) is 3.00. The number of imidazole rings is 1. The van der Waals surface area contributed by atoms with Crippen LogP contribution in [-0.2, 0) is 10.0 Å². The van der Waals surface area contributed by atoms with Crippen molar-refractivity contribution in [3.05, 3.63) is 11.6 Å². The van der Waals surface area contributed by atoms with Crippen molar-refractivity contribution in [3.63, 3.8) is 0 Å². The lowest BCUT2D eigenvalue weighted by atomic mass is 10.00. The summed E-state index contributed by atoms with van der Waals surface area (Å²) in [7, 11) is -3.64. The summed E-state index contributed by atoms with van der Waals surface area (Å²) in [4.78, 5) is 4.65. The summed E-state index contributed by atoms with van der Waals surface area (Å²) in [5.41, 5.74) is 5.77. The number of hydrogen-bond acceptors (Lipinski definition) is 6. The van der Waals surface area contributed by atoms with Crippen molar-refractivity contribution in [2.24, 2.45) is 5.92 Å². The van der Waals surface area contributed by atoms with Crippen LogP contribution in [0.5, 0.6) is 0 Å². The van der Waals surface area contributed by atoms with Crippen molar-refractivity contribution < 1.29 is 13.5 Å². The minimum Gasteiger partial charge on any atom is -0.396 e. The van der Waals surface area contributed by atoms with E-state index in [0.717, 1.165) is 0 Å². The zero-order valence-electron chi connectivity index (χ0n) is 10.8. The van der Waals surface area contributed by atoms with Crippen LogP contribution in [0, 0.1) is 5.92 Å². The molecule has 9 heteroatoms. The van der Waals surface area contributed by atoms with E-state index in [1.807, 2.05) is 0 Å². The number of nitrogen functional groups attached to an aromatic ring is 1. The van der Waals surface area contributed by atoms with Crippen LogP contribution >= 0.6 is 11.3 Å². The molecule has 110 valence electrons. The zero-order chi connectivity index (χ0) is 14.3. The van der Waals surface area contributed by atoms with Crippen LogP contribution in [0.15, 0.2) is 16.6 Å². The number of anilines is 1. The molecule has 2 aromatic rings. The van der Waals surface area contributed by atoms with Crippen LogP contribution in [0.2, 0.25) is 0 Å². The quantitative estimate of drug-likeness (QED) is 0.852. The highest BCUT2D eigenvalue weighted by molar-refractivity contribution is 7.89. The molecule has 0 aromatic carbocycles. The third-order valence-corrected chi connectivity index (χ3v) is 6.36. The van der Waals surface area contributed by atoms with Gasteiger partial charge in [0.25, 0.3) is 10.0 Å². The average molecular weight is 316 g/mol. The second-order valence-electron chi connectivity index (χ2n) is 4.89. The lowest BCUT2D eigenvalue weighted by Crippen LogP contribution is -2.39. The maximum atomic E-state index is 12.7. The molecule has 3 rings (SSSR count). The predicted octanol–water partition coefficient (Wildman–Crippen LogP) is 0.371. The predicted molar refractivity (Wildman–Crippen MR) is 76.1 cm³/mol. The second kappa shape index (κ2) is 4.99. The Hall–Kier alpha value is -1.16. The number of fused-ring (bicyclic) bond motifs is 1. The Kier molecular flexibility index (Phi) is 3.44. The SMILES string of the molecule is Nc1nc2sccn2c1S(=O)(=O)N1CCC(CO)CC1. The van der Waals surface area contributed by atoms with Gasteiger partial charge in [0, 0.05) is 31.3 Å². The summed E-state index contributed by atoms with van der Waals surface area (Å²) in [5, 5.41) is 10.9. The average Bonchev–Trinajstić information content (AvgIpc) is 2.98. The van der Waals surface area contributed by atoms with Crippen LogP contribution < -0.4 is 5.73 Å². The maximum absolute atomic E-state index is 12.7. The molecule has 0 amide bonds. The fraction of sp³-hybridized carbons (Fsp3) is 0.545. The standard InChI is InChI=1S/C11H16N4O3S2/c12-9-10(15-5-6-19-11(15)13-9)20(17,18)14-3-1-8(7-16)2-4-14/h5-6,8,16H,1-4,7,12H2. The maximum Gasteiger partial charge on any atom is 0.262 e. The van der Waals surface area contributed by atoms with E-state index in [4.69, 9.17) is 10.8 Å². The van der Waals surface area contributed by atoms with E-state index in [9.17, 15) is 8.42 Å². The number of aliphatic hydroxyl groups excluding tert-OH is 1. The first-order valence-corrected chi connectivity index (χ1v) is 8.68. The van der Waals surface area contributed by atoms with Gasteiger partial charge in [-0.1, -0.05) is 0 Å². The molecule has 1 fully saturated rings. The number of aliphatic hydroxyl groups is 1. The highest BCUT2D eigenvalue weighted by Crippen LogP contribution is 2.28. The van der Waals surface area contributed by atoms with Crippen molar-refractivity contribution in [2.45, 2.75) is 17.9 Å². The van der Waals surface area contributed by atoms with Gasteiger partial charge in [-0.25, -0.2) is 13.4 Å². The number of rotatable bonds is 3. The van der Waals surface area contributed by atoms with E-state index in [1.54, 1.807) is 11.6 Å². The van der Waals surface area contributed by atoms with Gasteiger partial charge in [-0.15, -0.1) is 11.3 Å². The number of nitrogens with zero attached hydrogens (tertiary/aromatic N) is 3. The van der Waals surface area contributed by atoms with Gasteiger partial charge in [-0.3, -0.25) is 4.40 Å². The molecule has 0 spiro atoms. The van der Waals surface area contributed by atoms with Gasteiger partial charge in [0.1, 0.15) is 0 Å². The van der Waals surface area contributed by atoms with Gasteiger partial charge in [0.2, 0.25) is 0 Å². The molecular formula is C11H16N4O3S2. The van der Waals surface area contributed by atoms with Gasteiger partial charge < -0.3 is 10.8 Å². The van der Waals surface area contributed by atoms with Crippen LogP contribution in [-0.4, -0.2) is 46.9 Å². The summed E-state index contributed by atoms with van der Waals surface area (Å²) in [5.74, 6) is 0.228. The van der Waals surface area contributed by atoms with E-state index in [1.165, 1.54) is 20.0 Å².